The van der Waals surface area contributed by atoms with E-state index in [1.165, 1.54) is 6.07 Å². The van der Waals surface area contributed by atoms with Crippen molar-refractivity contribution in [1.29, 1.82) is 5.26 Å². The number of H-pyrrole nitrogens is 1. The summed E-state index contributed by atoms with van der Waals surface area (Å²) in [5, 5.41) is 16.9. The topological polar surface area (TPSA) is 93.9 Å². The lowest BCUT2D eigenvalue weighted by atomic mass is 10.1. The van der Waals surface area contributed by atoms with E-state index in [0.717, 1.165) is 6.92 Å². The molecule has 0 unspecified atom stereocenters. The molecule has 0 saturated heterocycles. The first-order chi connectivity index (χ1) is 8.68. The molecule has 0 saturated carbocycles. The fourth-order valence-electron chi connectivity index (χ4n) is 1.38. The largest absolute Gasteiger partial charge is 0.481 e. The number of hydrogen-bond donors (Lipinski definition) is 2. The zero-order valence-electron chi connectivity index (χ0n) is 9.46. The van der Waals surface area contributed by atoms with Crippen molar-refractivity contribution in [2.45, 2.75) is 18.1 Å². The number of carboxylic acids is 1. The van der Waals surface area contributed by atoms with Crippen LogP contribution in [0.1, 0.15) is 16.7 Å². The number of aromatic amines is 1. The molecule has 19 heavy (non-hydrogen) atoms. The molecule has 1 aromatic heterocycles. The molecule has 0 aromatic carbocycles. The SMILES string of the molecule is Cc1c(C(F)(F)F)c(C#N)c(SCC(=O)O)[nH]c1=O. The summed E-state index contributed by atoms with van der Waals surface area (Å²) in [6, 6.07) is 1.36. The monoisotopic (exact) mass is 292 g/mol. The third-order valence-corrected chi connectivity index (χ3v) is 3.14. The molecule has 2 N–H and O–H groups in total. The van der Waals surface area contributed by atoms with Gasteiger partial charge in [-0.15, -0.1) is 0 Å². The van der Waals surface area contributed by atoms with Crippen molar-refractivity contribution in [3.63, 3.8) is 0 Å². The predicted molar refractivity (Wildman–Crippen MR) is 59.9 cm³/mol. The highest BCUT2D eigenvalue weighted by atomic mass is 32.2. The van der Waals surface area contributed by atoms with Gasteiger partial charge >= 0.3 is 12.1 Å². The Morgan fingerprint density at radius 3 is 2.53 bits per heavy atom. The summed E-state index contributed by atoms with van der Waals surface area (Å²) in [6.45, 7) is 0.953. The maximum Gasteiger partial charge on any atom is 0.418 e. The number of alkyl halides is 3. The van der Waals surface area contributed by atoms with Gasteiger partial charge in [0.05, 0.1) is 21.9 Å². The Morgan fingerprint density at radius 1 is 1.53 bits per heavy atom. The molecular weight excluding hydrogens is 285 g/mol. The molecule has 9 heteroatoms. The minimum atomic E-state index is -4.86. The molecule has 5 nitrogen and oxygen atoms in total. The Kier molecular flexibility index (Phi) is 4.26. The van der Waals surface area contributed by atoms with Crippen molar-refractivity contribution in [2.24, 2.45) is 0 Å². The molecule has 0 spiro atoms. The molecule has 0 aliphatic heterocycles. The molecule has 0 radical (unpaired) electrons. The van der Waals surface area contributed by atoms with E-state index in [1.807, 2.05) is 0 Å². The first-order valence-electron chi connectivity index (χ1n) is 4.77. The summed E-state index contributed by atoms with van der Waals surface area (Å²) in [7, 11) is 0. The standard InChI is InChI=1S/C10H7F3N2O3S/c1-4-7(10(11,12)13)5(2-14)9(15-8(4)18)19-3-6(16)17/h3H2,1H3,(H,15,18)(H,16,17). The Morgan fingerprint density at radius 2 is 2.11 bits per heavy atom. The highest BCUT2D eigenvalue weighted by molar-refractivity contribution is 7.99. The fourth-order valence-corrected chi connectivity index (χ4v) is 2.10. The van der Waals surface area contributed by atoms with Gasteiger partial charge in [0.1, 0.15) is 6.07 Å². The Labute approximate surface area is 109 Å². The molecule has 1 aromatic rings. The molecule has 0 aliphatic rings. The number of nitrogens with zero attached hydrogens (tertiary/aromatic N) is 1. The number of hydrogen-bond acceptors (Lipinski definition) is 4. The summed E-state index contributed by atoms with van der Waals surface area (Å²) in [4.78, 5) is 23.9. The summed E-state index contributed by atoms with van der Waals surface area (Å²) < 4.78 is 38.5. The number of carboxylic acid groups (broad SMARTS) is 1. The third kappa shape index (κ3) is 3.29. The molecule has 1 rings (SSSR count). The van der Waals surface area contributed by atoms with Crippen LogP contribution in [0.15, 0.2) is 9.82 Å². The molecule has 0 aliphatic carbocycles. The van der Waals surface area contributed by atoms with Crippen molar-refractivity contribution < 1.29 is 23.1 Å². The zero-order chi connectivity index (χ0) is 14.8. The van der Waals surface area contributed by atoms with Gasteiger partial charge in [0, 0.05) is 5.56 Å². The van der Waals surface area contributed by atoms with E-state index < -0.39 is 45.2 Å². The minimum Gasteiger partial charge on any atom is -0.481 e. The number of carbonyl (C=O) groups is 1. The molecule has 0 bridgehead atoms. The van der Waals surface area contributed by atoms with Gasteiger partial charge in [0.15, 0.2) is 0 Å². The van der Waals surface area contributed by atoms with Crippen LogP contribution in [0.5, 0.6) is 0 Å². The third-order valence-electron chi connectivity index (χ3n) is 2.15. The number of nitrogens with one attached hydrogen (secondary N) is 1. The second-order valence-electron chi connectivity index (χ2n) is 3.45. The Bertz CT molecular complexity index is 616. The van der Waals surface area contributed by atoms with Crippen LogP contribution in [0.4, 0.5) is 13.2 Å². The van der Waals surface area contributed by atoms with E-state index >= 15 is 0 Å². The van der Waals surface area contributed by atoms with E-state index in [2.05, 4.69) is 4.98 Å². The second-order valence-corrected chi connectivity index (χ2v) is 4.44. The van der Waals surface area contributed by atoms with Crippen LogP contribution in [0.25, 0.3) is 0 Å². The molecule has 0 amide bonds. The Balaban J connectivity index is 3.51. The zero-order valence-corrected chi connectivity index (χ0v) is 10.3. The number of thioether (sulfide) groups is 1. The summed E-state index contributed by atoms with van der Waals surface area (Å²) in [5.74, 6) is -1.84. The smallest absolute Gasteiger partial charge is 0.418 e. The van der Waals surface area contributed by atoms with Crippen LogP contribution >= 0.6 is 11.8 Å². The van der Waals surface area contributed by atoms with Crippen molar-refractivity contribution >= 4 is 17.7 Å². The van der Waals surface area contributed by atoms with E-state index in [0.29, 0.717) is 11.8 Å². The van der Waals surface area contributed by atoms with Crippen molar-refractivity contribution in [2.75, 3.05) is 5.75 Å². The first kappa shape index (κ1) is 15.1. The normalized spacial score (nSPS) is 11.1. The maximum absolute atomic E-state index is 12.8. The van der Waals surface area contributed by atoms with Gasteiger partial charge in [-0.25, -0.2) is 0 Å². The van der Waals surface area contributed by atoms with Crippen molar-refractivity contribution in [1.82, 2.24) is 4.98 Å². The van der Waals surface area contributed by atoms with Crippen LogP contribution in [0.3, 0.4) is 0 Å². The number of aliphatic carboxylic acids is 1. The van der Waals surface area contributed by atoms with Crippen LogP contribution in [0, 0.1) is 18.3 Å². The maximum atomic E-state index is 12.8. The van der Waals surface area contributed by atoms with E-state index in [1.54, 1.807) is 0 Å². The van der Waals surface area contributed by atoms with E-state index in [-0.39, 0.29) is 0 Å². The van der Waals surface area contributed by atoms with Gasteiger partial charge in [0.25, 0.3) is 5.56 Å². The van der Waals surface area contributed by atoms with Gasteiger partial charge in [-0.05, 0) is 6.92 Å². The van der Waals surface area contributed by atoms with Crippen LogP contribution in [-0.2, 0) is 11.0 Å². The average Bonchev–Trinajstić information content (AvgIpc) is 2.27. The lowest BCUT2D eigenvalue weighted by Crippen LogP contribution is -2.22. The molecular formula is C10H7F3N2O3S. The highest BCUT2D eigenvalue weighted by Crippen LogP contribution is 2.36. The quantitative estimate of drug-likeness (QED) is 0.828. The lowest BCUT2D eigenvalue weighted by molar-refractivity contribution is -0.138. The average molecular weight is 292 g/mol. The summed E-state index contributed by atoms with van der Waals surface area (Å²) in [5.41, 5.74) is -3.72. The number of rotatable bonds is 3. The predicted octanol–water partition coefficient (Wildman–Crippen LogP) is 1.75. The van der Waals surface area contributed by atoms with Crippen LogP contribution in [0.2, 0.25) is 0 Å². The number of aromatic nitrogens is 1. The Hall–Kier alpha value is -1.95. The second kappa shape index (κ2) is 5.36. The van der Waals surface area contributed by atoms with Gasteiger partial charge in [-0.1, -0.05) is 11.8 Å². The number of nitriles is 1. The minimum absolute atomic E-state index is 0.396. The highest BCUT2D eigenvalue weighted by Gasteiger charge is 2.38. The van der Waals surface area contributed by atoms with Crippen molar-refractivity contribution in [3.8, 4) is 6.07 Å². The lowest BCUT2D eigenvalue weighted by Gasteiger charge is -2.13. The van der Waals surface area contributed by atoms with Crippen LogP contribution < -0.4 is 5.56 Å². The number of halogens is 3. The van der Waals surface area contributed by atoms with Gasteiger partial charge < -0.3 is 10.1 Å². The van der Waals surface area contributed by atoms with E-state index in [9.17, 15) is 22.8 Å². The first-order valence-corrected chi connectivity index (χ1v) is 5.75. The molecule has 102 valence electrons. The summed E-state index contributed by atoms with van der Waals surface area (Å²) in [6.07, 6.45) is -4.86. The van der Waals surface area contributed by atoms with Gasteiger partial charge in [0.2, 0.25) is 0 Å². The number of pyridine rings is 1. The summed E-state index contributed by atoms with van der Waals surface area (Å²) >= 11 is 0.455. The molecule has 1 heterocycles. The van der Waals surface area contributed by atoms with Gasteiger partial charge in [-0.3, -0.25) is 9.59 Å². The molecule has 0 atom stereocenters. The van der Waals surface area contributed by atoms with E-state index in [4.69, 9.17) is 10.4 Å². The van der Waals surface area contributed by atoms with Crippen LogP contribution in [-0.4, -0.2) is 21.8 Å². The van der Waals surface area contributed by atoms with Gasteiger partial charge in [-0.2, -0.15) is 18.4 Å². The molecule has 0 fully saturated rings. The fraction of sp³-hybridized carbons (Fsp3) is 0.300. The van der Waals surface area contributed by atoms with Crippen molar-refractivity contribution in [3.05, 3.63) is 27.0 Å².